The van der Waals surface area contributed by atoms with Crippen LogP contribution in [0.15, 0.2) is 97.2 Å². The third-order valence-electron chi connectivity index (χ3n) is 13.6. The van der Waals surface area contributed by atoms with Gasteiger partial charge in [-0.25, -0.2) is 0 Å². The minimum atomic E-state index is -4.64. The number of esters is 2. The molecule has 0 aromatic rings. The Bertz CT molecular complexity index is 1640. The van der Waals surface area contributed by atoms with Crippen LogP contribution in [-0.2, 0) is 32.7 Å². The Balaban J connectivity index is 3.93. The Labute approximate surface area is 481 Å². The number of likely N-dealkylation sites (N-methyl/N-ethyl adjacent to an activating group) is 1. The Morgan fingerprint density at radius 1 is 0.410 bits per heavy atom. The van der Waals surface area contributed by atoms with Crippen LogP contribution in [0.2, 0.25) is 0 Å². The van der Waals surface area contributed by atoms with E-state index in [2.05, 4.69) is 111 Å². The van der Waals surface area contributed by atoms with Gasteiger partial charge in [0.2, 0.25) is 0 Å². The summed E-state index contributed by atoms with van der Waals surface area (Å²) in [5, 5.41) is 0. The first-order chi connectivity index (χ1) is 38.0. The van der Waals surface area contributed by atoms with E-state index >= 15 is 0 Å². The van der Waals surface area contributed by atoms with E-state index in [1.54, 1.807) is 0 Å². The summed E-state index contributed by atoms with van der Waals surface area (Å²) in [6.45, 7) is 4.11. The van der Waals surface area contributed by atoms with E-state index < -0.39 is 32.5 Å². The Kier molecular flexibility index (Phi) is 56.3. The molecule has 0 saturated carbocycles. The van der Waals surface area contributed by atoms with E-state index in [0.717, 1.165) is 103 Å². The molecule has 10 heteroatoms. The Morgan fingerprint density at radius 2 is 0.731 bits per heavy atom. The molecule has 0 spiro atoms. The van der Waals surface area contributed by atoms with Gasteiger partial charge in [-0.15, -0.1) is 0 Å². The van der Waals surface area contributed by atoms with Gasteiger partial charge in [0, 0.05) is 12.8 Å². The molecule has 0 heterocycles. The zero-order valence-electron chi connectivity index (χ0n) is 51.1. The molecule has 9 nitrogen and oxygen atoms in total. The predicted octanol–water partition coefficient (Wildman–Crippen LogP) is 19.7. The summed E-state index contributed by atoms with van der Waals surface area (Å²) >= 11 is 0. The predicted molar refractivity (Wildman–Crippen MR) is 332 cm³/mol. The van der Waals surface area contributed by atoms with Gasteiger partial charge in [-0.1, -0.05) is 259 Å². The van der Waals surface area contributed by atoms with Gasteiger partial charge in [-0.2, -0.15) is 0 Å². The Morgan fingerprint density at radius 3 is 1.10 bits per heavy atom. The zero-order valence-corrected chi connectivity index (χ0v) is 52.0. The number of quaternary nitrogens is 1. The number of hydrogen-bond donors (Lipinski definition) is 0. The van der Waals surface area contributed by atoms with Crippen molar-refractivity contribution in [3.8, 4) is 0 Å². The molecule has 0 aromatic heterocycles. The lowest BCUT2D eigenvalue weighted by molar-refractivity contribution is -0.870. The number of hydrogen-bond acceptors (Lipinski definition) is 8. The number of carbonyl (C=O) groups excluding carboxylic acids is 2. The number of phosphoric ester groups is 1. The minimum Gasteiger partial charge on any atom is -0.756 e. The third kappa shape index (κ3) is 62.1. The SMILES string of the molecule is CC/C=C\C/C=C\C/C=C\C/C=C\C/C=C\C/C=C\C/C=C\CCCCCCCCCCCCCCCCCCCCCC(=O)OC(COC(=O)CCCCCCC/C=C\CCCCCC)COP(=O)([O-])OCC[N+](C)(C)C. The number of unbranched alkanes of at least 4 members (excludes halogenated alkanes) is 28. The summed E-state index contributed by atoms with van der Waals surface area (Å²) in [5.74, 6) is -0.839. The van der Waals surface area contributed by atoms with Crippen LogP contribution in [0.4, 0.5) is 0 Å². The van der Waals surface area contributed by atoms with Crippen LogP contribution in [0.3, 0.4) is 0 Å². The second-order valence-electron chi connectivity index (χ2n) is 22.4. The summed E-state index contributed by atoms with van der Waals surface area (Å²) in [5.41, 5.74) is 0. The monoisotopic (exact) mass is 1110 g/mol. The summed E-state index contributed by atoms with van der Waals surface area (Å²) < 4.78 is 34.1. The average molecular weight is 1110 g/mol. The molecule has 78 heavy (non-hydrogen) atoms. The molecule has 0 aliphatic carbocycles. The Hall–Kier alpha value is -3.07. The van der Waals surface area contributed by atoms with E-state index in [1.165, 1.54) is 135 Å². The van der Waals surface area contributed by atoms with Crippen molar-refractivity contribution in [1.29, 1.82) is 0 Å². The zero-order chi connectivity index (χ0) is 57.0. The highest BCUT2D eigenvalue weighted by Gasteiger charge is 2.22. The van der Waals surface area contributed by atoms with Crippen molar-refractivity contribution < 1.29 is 42.1 Å². The summed E-state index contributed by atoms with van der Waals surface area (Å²) in [6.07, 6.45) is 80.6. The van der Waals surface area contributed by atoms with Gasteiger partial charge < -0.3 is 27.9 Å². The maximum absolute atomic E-state index is 12.8. The van der Waals surface area contributed by atoms with E-state index in [4.69, 9.17) is 18.5 Å². The van der Waals surface area contributed by atoms with Crippen LogP contribution in [0.25, 0.3) is 0 Å². The van der Waals surface area contributed by atoms with Crippen molar-refractivity contribution >= 4 is 19.8 Å². The highest BCUT2D eigenvalue weighted by Crippen LogP contribution is 2.38. The van der Waals surface area contributed by atoms with Gasteiger partial charge in [0.25, 0.3) is 7.82 Å². The van der Waals surface area contributed by atoms with Crippen LogP contribution < -0.4 is 4.89 Å². The fourth-order valence-corrected chi connectivity index (χ4v) is 9.42. The molecule has 0 radical (unpaired) electrons. The topological polar surface area (TPSA) is 111 Å². The van der Waals surface area contributed by atoms with Gasteiger partial charge in [0.05, 0.1) is 27.7 Å². The lowest BCUT2D eigenvalue weighted by Gasteiger charge is -2.28. The fraction of sp³-hybridized carbons (Fsp3) is 0.735. The first kappa shape index (κ1) is 74.9. The molecule has 0 N–H and O–H groups in total. The molecule has 0 saturated heterocycles. The maximum Gasteiger partial charge on any atom is 0.306 e. The van der Waals surface area contributed by atoms with Crippen molar-refractivity contribution in [1.82, 2.24) is 0 Å². The number of carbonyl (C=O) groups is 2. The smallest absolute Gasteiger partial charge is 0.306 e. The van der Waals surface area contributed by atoms with E-state index in [0.29, 0.717) is 17.4 Å². The van der Waals surface area contributed by atoms with Crippen molar-refractivity contribution in [2.45, 2.75) is 277 Å². The van der Waals surface area contributed by atoms with E-state index in [1.807, 2.05) is 21.1 Å². The number of phosphoric acid groups is 1. The van der Waals surface area contributed by atoms with Crippen molar-refractivity contribution in [2.75, 3.05) is 47.5 Å². The van der Waals surface area contributed by atoms with Gasteiger partial charge in [0.15, 0.2) is 6.10 Å². The first-order valence-electron chi connectivity index (χ1n) is 31.9. The van der Waals surface area contributed by atoms with Crippen LogP contribution in [0, 0.1) is 0 Å². The standard InChI is InChI=1S/C68H120NO8P/c1-6-8-10-12-14-16-18-20-21-22-23-24-25-26-27-28-29-30-31-32-33-34-35-36-37-38-39-40-41-42-43-44-45-46-47-49-51-53-55-57-59-61-68(71)77-66(65-76-78(72,73)75-63-62-69(3,4)5)64-74-67(70)60-58-56-54-52-50-48-19-17-15-13-11-9-7-2/h8,10,14,16-17,19-21,23-24,26-27,29-30,32-33,66H,6-7,9,11-13,15,18,22,25,28,31,34-65H2,1-5H3/b10-8-,16-14-,19-17-,21-20-,24-23-,27-26-,30-29-,33-32-. The minimum absolute atomic E-state index is 0.0332. The normalized spacial score (nSPS) is 13.9. The van der Waals surface area contributed by atoms with Crippen molar-refractivity contribution in [3.05, 3.63) is 97.2 Å². The maximum atomic E-state index is 12.8. The molecule has 0 rings (SSSR count). The van der Waals surface area contributed by atoms with Crippen LogP contribution >= 0.6 is 7.82 Å². The third-order valence-corrected chi connectivity index (χ3v) is 14.6. The molecule has 0 aliphatic heterocycles. The molecule has 0 fully saturated rings. The summed E-state index contributed by atoms with van der Waals surface area (Å²) in [6, 6.07) is 0. The quantitative estimate of drug-likeness (QED) is 0.0195. The van der Waals surface area contributed by atoms with Gasteiger partial charge in [-0.05, 0) is 96.3 Å². The number of rotatable bonds is 58. The molecule has 0 amide bonds. The second kappa shape index (κ2) is 58.6. The van der Waals surface area contributed by atoms with Gasteiger partial charge in [0.1, 0.15) is 19.8 Å². The largest absolute Gasteiger partial charge is 0.756 e. The van der Waals surface area contributed by atoms with E-state index in [9.17, 15) is 19.0 Å². The van der Waals surface area contributed by atoms with Crippen molar-refractivity contribution in [3.63, 3.8) is 0 Å². The van der Waals surface area contributed by atoms with Gasteiger partial charge in [-0.3, -0.25) is 14.2 Å². The molecule has 0 aromatic carbocycles. The fourth-order valence-electron chi connectivity index (χ4n) is 8.69. The molecular weight excluding hydrogens is 990 g/mol. The highest BCUT2D eigenvalue weighted by atomic mass is 31.2. The molecule has 0 bridgehead atoms. The van der Waals surface area contributed by atoms with Crippen LogP contribution in [0.5, 0.6) is 0 Å². The van der Waals surface area contributed by atoms with Crippen molar-refractivity contribution in [2.24, 2.45) is 0 Å². The molecular formula is C68H120NO8P. The molecule has 2 atom stereocenters. The summed E-state index contributed by atoms with van der Waals surface area (Å²) in [7, 11) is 1.16. The average Bonchev–Trinajstić information content (AvgIpc) is 3.40. The molecule has 0 aliphatic rings. The number of nitrogens with zero attached hydrogens (tertiary/aromatic N) is 1. The number of ether oxygens (including phenoxy) is 2. The molecule has 2 unspecified atom stereocenters. The second-order valence-corrected chi connectivity index (χ2v) is 23.8. The van der Waals surface area contributed by atoms with Crippen LogP contribution in [-0.4, -0.2) is 70.0 Å². The van der Waals surface area contributed by atoms with Gasteiger partial charge >= 0.3 is 11.9 Å². The molecule has 450 valence electrons. The lowest BCUT2D eigenvalue weighted by Crippen LogP contribution is -2.37. The van der Waals surface area contributed by atoms with Crippen LogP contribution in [0.1, 0.15) is 271 Å². The lowest BCUT2D eigenvalue weighted by atomic mass is 10.0. The summed E-state index contributed by atoms with van der Waals surface area (Å²) in [4.78, 5) is 37.8. The number of allylic oxidation sites excluding steroid dienone is 16. The van der Waals surface area contributed by atoms with E-state index in [-0.39, 0.29) is 26.1 Å². The highest BCUT2D eigenvalue weighted by molar-refractivity contribution is 7.45. The first-order valence-corrected chi connectivity index (χ1v) is 33.4.